The molecule has 132 valence electrons. The molecule has 0 aromatic rings. The molecule has 5 heteroatoms. The summed E-state index contributed by atoms with van der Waals surface area (Å²) >= 11 is 0. The molecule has 0 fully saturated rings. The van der Waals surface area contributed by atoms with Crippen LogP contribution in [-0.2, 0) is 9.59 Å². The van der Waals surface area contributed by atoms with Gasteiger partial charge in [-0.3, -0.25) is 9.59 Å². The van der Waals surface area contributed by atoms with Crippen molar-refractivity contribution in [3.63, 3.8) is 0 Å². The van der Waals surface area contributed by atoms with Crippen molar-refractivity contribution in [1.29, 1.82) is 0 Å². The van der Waals surface area contributed by atoms with E-state index in [0.29, 0.717) is 11.3 Å². The molecule has 0 spiro atoms. The maximum absolute atomic E-state index is 9.43. The van der Waals surface area contributed by atoms with E-state index in [4.69, 9.17) is 10.2 Å². The maximum Gasteiger partial charge on any atom is 1.00 e. The molecule has 0 rings (SSSR count). The average Bonchev–Trinajstić information content (AvgIpc) is 2.35. The Balaban J connectivity index is -0.000000425. The van der Waals surface area contributed by atoms with Crippen LogP contribution in [0.5, 0.6) is 0 Å². The van der Waals surface area contributed by atoms with Crippen molar-refractivity contribution >= 4 is 11.9 Å². The van der Waals surface area contributed by atoms with Crippen LogP contribution >= 0.6 is 0 Å². The van der Waals surface area contributed by atoms with Crippen LogP contribution in [0.4, 0.5) is 0 Å². The van der Waals surface area contributed by atoms with Crippen molar-refractivity contribution < 1.29 is 49.4 Å². The van der Waals surface area contributed by atoms with Gasteiger partial charge in [0.1, 0.15) is 6.42 Å². The van der Waals surface area contributed by atoms with Crippen LogP contribution < -0.4 is 29.6 Å². The van der Waals surface area contributed by atoms with E-state index < -0.39 is 18.4 Å². The van der Waals surface area contributed by atoms with Crippen LogP contribution in [-0.4, -0.2) is 22.2 Å². The van der Waals surface area contributed by atoms with Gasteiger partial charge in [0, 0.05) is 0 Å². The van der Waals surface area contributed by atoms with Crippen molar-refractivity contribution in [2.24, 2.45) is 11.3 Å². The minimum Gasteiger partial charge on any atom is -0.481 e. The van der Waals surface area contributed by atoms with Gasteiger partial charge in [0.15, 0.2) is 0 Å². The second kappa shape index (κ2) is 16.8. The van der Waals surface area contributed by atoms with Gasteiger partial charge in [0.25, 0.3) is 0 Å². The predicted molar refractivity (Wildman–Crippen MR) is 90.8 cm³/mol. The Kier molecular flexibility index (Phi) is 20.3. The molecule has 0 aliphatic carbocycles. The Hall–Kier alpha value is -0.0600. The van der Waals surface area contributed by atoms with Gasteiger partial charge in [0.05, 0.1) is 0 Å². The van der Waals surface area contributed by atoms with Gasteiger partial charge < -0.3 is 17.1 Å². The second-order valence-electron chi connectivity index (χ2n) is 6.94. The zero-order valence-electron chi connectivity index (χ0n) is 15.9. The topological polar surface area (TPSA) is 74.6 Å². The summed E-state index contributed by atoms with van der Waals surface area (Å²) in [5.74, 6) is -2.01. The number of carboxylic acids is 2. The molecule has 0 aromatic heterocycles. The first-order valence-electron chi connectivity index (χ1n) is 8.37. The normalized spacial score (nSPS) is 11.7. The molecular weight excluding hydrogens is 303 g/mol. The molecule has 0 saturated carbocycles. The number of hydrogen-bond acceptors (Lipinski definition) is 2. The van der Waals surface area contributed by atoms with Crippen LogP contribution in [0.15, 0.2) is 0 Å². The smallest absolute Gasteiger partial charge is 0.481 e. The van der Waals surface area contributed by atoms with Crippen molar-refractivity contribution in [2.45, 2.75) is 85.5 Å². The Bertz CT molecular complexity index is 286. The standard InChI is InChI=1S/C15H31.C3H4O4.Na/c1-6-7-8-9-10-11-12-13-14(2)15(3,4)5;4-2(5)1-3(6)7;/h14H,2,6-13H2,1,3-5H3;1H2,(H,4,5)(H,6,7);/q-1;;+1. The summed E-state index contributed by atoms with van der Waals surface area (Å²) < 4.78 is 0. The van der Waals surface area contributed by atoms with E-state index >= 15 is 0 Å². The summed E-state index contributed by atoms with van der Waals surface area (Å²) in [5.41, 5.74) is 0.391. The quantitative estimate of drug-likeness (QED) is 0.277. The number of hydrogen-bond donors (Lipinski definition) is 2. The zero-order chi connectivity index (χ0) is 17.6. The summed E-state index contributed by atoms with van der Waals surface area (Å²) in [5, 5.41) is 15.4. The van der Waals surface area contributed by atoms with Gasteiger partial charge in [-0.15, -0.1) is 0 Å². The van der Waals surface area contributed by atoms with Crippen molar-refractivity contribution in [1.82, 2.24) is 0 Å². The SMILES string of the molecule is O=C(O)CC(=O)O.[CH2-]C(CCCCCCCCC)C(C)(C)C.[Na+]. The third-order valence-corrected chi connectivity index (χ3v) is 3.68. The molecule has 1 atom stereocenters. The summed E-state index contributed by atoms with van der Waals surface area (Å²) in [4.78, 5) is 18.9. The van der Waals surface area contributed by atoms with Crippen molar-refractivity contribution in [3.05, 3.63) is 6.92 Å². The predicted octanol–water partition coefficient (Wildman–Crippen LogP) is 2.17. The van der Waals surface area contributed by atoms with Gasteiger partial charge in [-0.25, -0.2) is 0 Å². The first-order valence-corrected chi connectivity index (χ1v) is 8.37. The van der Waals surface area contributed by atoms with Crippen LogP contribution in [0.25, 0.3) is 0 Å². The number of carboxylic acid groups (broad SMARTS) is 2. The Labute approximate surface area is 164 Å². The molecule has 2 N–H and O–H groups in total. The van der Waals surface area contributed by atoms with Crippen molar-refractivity contribution in [3.8, 4) is 0 Å². The average molecular weight is 338 g/mol. The van der Waals surface area contributed by atoms with E-state index in [1.54, 1.807) is 0 Å². The van der Waals surface area contributed by atoms with Gasteiger partial charge in [-0.2, -0.15) is 5.92 Å². The van der Waals surface area contributed by atoms with Crippen LogP contribution in [0, 0.1) is 18.3 Å². The molecule has 0 aliphatic heterocycles. The number of rotatable bonds is 10. The minimum atomic E-state index is -1.31. The van der Waals surface area contributed by atoms with Crippen LogP contribution in [0.2, 0.25) is 0 Å². The Morgan fingerprint density at radius 2 is 1.30 bits per heavy atom. The summed E-state index contributed by atoms with van der Waals surface area (Å²) in [7, 11) is 0. The monoisotopic (exact) mass is 338 g/mol. The molecule has 0 radical (unpaired) electrons. The third kappa shape index (κ3) is 24.3. The van der Waals surface area contributed by atoms with Crippen LogP contribution in [0.1, 0.15) is 85.5 Å². The van der Waals surface area contributed by atoms with E-state index in [9.17, 15) is 9.59 Å². The van der Waals surface area contributed by atoms with E-state index in [-0.39, 0.29) is 29.6 Å². The molecule has 4 nitrogen and oxygen atoms in total. The Morgan fingerprint density at radius 3 is 1.61 bits per heavy atom. The van der Waals surface area contributed by atoms with Crippen molar-refractivity contribution in [2.75, 3.05) is 0 Å². The summed E-state index contributed by atoms with van der Waals surface area (Å²) in [6, 6.07) is 0. The fraction of sp³-hybridized carbons (Fsp3) is 0.833. The molecule has 0 aliphatic rings. The number of carbonyl (C=O) groups is 2. The zero-order valence-corrected chi connectivity index (χ0v) is 17.9. The van der Waals surface area contributed by atoms with E-state index in [1.807, 2.05) is 0 Å². The van der Waals surface area contributed by atoms with E-state index in [2.05, 4.69) is 34.6 Å². The van der Waals surface area contributed by atoms with E-state index in [1.165, 1.54) is 51.4 Å². The van der Waals surface area contributed by atoms with Crippen LogP contribution in [0.3, 0.4) is 0 Å². The van der Waals surface area contributed by atoms with E-state index in [0.717, 1.165) is 0 Å². The molecule has 23 heavy (non-hydrogen) atoms. The third-order valence-electron chi connectivity index (χ3n) is 3.68. The fourth-order valence-electron chi connectivity index (χ4n) is 1.91. The summed E-state index contributed by atoms with van der Waals surface area (Å²) in [6.45, 7) is 13.4. The largest absolute Gasteiger partial charge is 1.00 e. The molecule has 0 heterocycles. The molecule has 0 saturated heterocycles. The molecule has 1 unspecified atom stereocenters. The minimum absolute atomic E-state index is 0. The maximum atomic E-state index is 9.43. The first kappa shape index (κ1) is 27.8. The van der Waals surface area contributed by atoms with Gasteiger partial charge in [-0.1, -0.05) is 84.5 Å². The van der Waals surface area contributed by atoms with Gasteiger partial charge in [0.2, 0.25) is 0 Å². The first-order chi connectivity index (χ1) is 10.1. The number of aliphatic carboxylic acids is 2. The van der Waals surface area contributed by atoms with Gasteiger partial charge >= 0.3 is 41.5 Å². The second-order valence-corrected chi connectivity index (χ2v) is 6.94. The fourth-order valence-corrected chi connectivity index (χ4v) is 1.91. The summed E-state index contributed by atoms with van der Waals surface area (Å²) in [6.07, 6.45) is 10.3. The molecular formula is C18H35NaO4. The van der Waals surface area contributed by atoms with Gasteiger partial charge in [-0.05, 0) is 0 Å². The molecule has 0 amide bonds. The molecule has 0 aromatic carbocycles. The molecule has 0 bridgehead atoms. The number of unbranched alkanes of at least 4 members (excludes halogenated alkanes) is 6. The Morgan fingerprint density at radius 1 is 0.913 bits per heavy atom.